The molecule has 0 aliphatic carbocycles. The number of carbonyl (C=O) groups is 1. The number of carbonyl (C=O) groups excluding carboxylic acids is 1. The second kappa shape index (κ2) is 8.45. The van der Waals surface area contributed by atoms with Gasteiger partial charge in [-0.2, -0.15) is 5.10 Å². The summed E-state index contributed by atoms with van der Waals surface area (Å²) in [5.74, 6) is 0.0191. The number of aliphatic hydroxyl groups excluding tert-OH is 1. The van der Waals surface area contributed by atoms with Crippen molar-refractivity contribution in [2.24, 2.45) is 0 Å². The zero-order valence-electron chi connectivity index (χ0n) is 14.6. The van der Waals surface area contributed by atoms with Crippen LogP contribution in [-0.2, 0) is 4.79 Å². The van der Waals surface area contributed by atoms with E-state index in [1.165, 1.54) is 6.42 Å². The van der Waals surface area contributed by atoms with Gasteiger partial charge in [0.15, 0.2) is 0 Å². The first-order chi connectivity index (χ1) is 11.0. The second-order valence-corrected chi connectivity index (χ2v) is 6.56. The van der Waals surface area contributed by atoms with Gasteiger partial charge in [-0.25, -0.2) is 0 Å². The molecule has 1 amide bonds. The van der Waals surface area contributed by atoms with E-state index in [2.05, 4.69) is 15.3 Å². The Hall–Kier alpha value is -1.40. The monoisotopic (exact) mass is 322 g/mol. The van der Waals surface area contributed by atoms with Crippen LogP contribution < -0.4 is 5.32 Å². The van der Waals surface area contributed by atoms with E-state index >= 15 is 0 Å². The van der Waals surface area contributed by atoms with Gasteiger partial charge in [0.2, 0.25) is 5.91 Å². The summed E-state index contributed by atoms with van der Waals surface area (Å²) in [5, 5.41) is 16.7. The van der Waals surface area contributed by atoms with Gasteiger partial charge in [-0.15, -0.1) is 0 Å². The highest BCUT2D eigenvalue weighted by Crippen LogP contribution is 2.17. The number of hydrogen-bond donors (Lipinski definition) is 2. The number of hydrogen-bond acceptors (Lipinski definition) is 4. The minimum atomic E-state index is -0.277. The number of nitrogens with zero attached hydrogens (tertiary/aromatic N) is 3. The summed E-state index contributed by atoms with van der Waals surface area (Å²) < 4.78 is 1.78. The number of aliphatic hydroxyl groups is 1. The lowest BCUT2D eigenvalue weighted by Gasteiger charge is -2.22. The maximum atomic E-state index is 12.2. The molecule has 1 aliphatic rings. The average molecular weight is 322 g/mol. The molecule has 0 aromatic carbocycles. The van der Waals surface area contributed by atoms with Crippen molar-refractivity contribution >= 4 is 5.91 Å². The van der Waals surface area contributed by atoms with E-state index in [0.717, 1.165) is 43.7 Å². The van der Waals surface area contributed by atoms with Crippen molar-refractivity contribution in [2.75, 3.05) is 26.2 Å². The number of aryl methyl sites for hydroxylation is 2. The molecule has 23 heavy (non-hydrogen) atoms. The molecule has 1 fully saturated rings. The van der Waals surface area contributed by atoms with Crippen LogP contribution in [0.25, 0.3) is 0 Å². The van der Waals surface area contributed by atoms with Gasteiger partial charge < -0.3 is 10.4 Å². The van der Waals surface area contributed by atoms with E-state index in [4.69, 9.17) is 0 Å². The summed E-state index contributed by atoms with van der Waals surface area (Å²) in [5.41, 5.74) is 1.94. The van der Waals surface area contributed by atoms with Crippen LogP contribution in [0.3, 0.4) is 0 Å². The third-order valence-corrected chi connectivity index (χ3v) is 4.67. The SMILES string of the molecule is Cc1cc(C)n(C(C)C(=O)NCCCCN2CCCC2CO)n1. The zero-order chi connectivity index (χ0) is 16.8. The van der Waals surface area contributed by atoms with Gasteiger partial charge in [0, 0.05) is 18.3 Å². The maximum Gasteiger partial charge on any atom is 0.244 e. The molecule has 130 valence electrons. The highest BCUT2D eigenvalue weighted by atomic mass is 16.3. The van der Waals surface area contributed by atoms with E-state index in [1.807, 2.05) is 26.8 Å². The van der Waals surface area contributed by atoms with Crippen LogP contribution in [0, 0.1) is 13.8 Å². The van der Waals surface area contributed by atoms with Crippen LogP contribution in [0.5, 0.6) is 0 Å². The molecule has 2 unspecified atom stereocenters. The van der Waals surface area contributed by atoms with Gasteiger partial charge in [-0.3, -0.25) is 14.4 Å². The van der Waals surface area contributed by atoms with Gasteiger partial charge in [-0.1, -0.05) is 0 Å². The molecule has 2 heterocycles. The Morgan fingerprint density at radius 3 is 2.91 bits per heavy atom. The Morgan fingerprint density at radius 1 is 1.48 bits per heavy atom. The molecular weight excluding hydrogens is 292 g/mol. The molecule has 2 atom stereocenters. The van der Waals surface area contributed by atoms with Crippen LogP contribution in [0.1, 0.15) is 50.0 Å². The summed E-state index contributed by atoms with van der Waals surface area (Å²) in [6.45, 7) is 8.84. The minimum absolute atomic E-state index is 0.0191. The van der Waals surface area contributed by atoms with Crippen LogP contribution in [0.4, 0.5) is 0 Å². The predicted molar refractivity (Wildman–Crippen MR) is 90.3 cm³/mol. The average Bonchev–Trinajstić information content (AvgIpc) is 3.11. The molecule has 6 heteroatoms. The molecule has 1 aliphatic heterocycles. The fourth-order valence-corrected chi connectivity index (χ4v) is 3.34. The Kier molecular flexibility index (Phi) is 6.59. The van der Waals surface area contributed by atoms with Crippen molar-refractivity contribution in [1.29, 1.82) is 0 Å². The lowest BCUT2D eigenvalue weighted by Crippen LogP contribution is -2.34. The van der Waals surface area contributed by atoms with E-state index in [-0.39, 0.29) is 18.6 Å². The van der Waals surface area contributed by atoms with Crippen LogP contribution in [0.2, 0.25) is 0 Å². The molecule has 1 aromatic heterocycles. The van der Waals surface area contributed by atoms with Gasteiger partial charge in [0.1, 0.15) is 6.04 Å². The van der Waals surface area contributed by atoms with Crippen molar-refractivity contribution in [1.82, 2.24) is 20.0 Å². The van der Waals surface area contributed by atoms with Crippen LogP contribution >= 0.6 is 0 Å². The fourth-order valence-electron chi connectivity index (χ4n) is 3.34. The number of likely N-dealkylation sites (tertiary alicyclic amines) is 1. The Bertz CT molecular complexity index is 515. The highest BCUT2D eigenvalue weighted by Gasteiger charge is 2.22. The molecule has 1 saturated heterocycles. The predicted octanol–water partition coefficient (Wildman–Crippen LogP) is 1.41. The standard InChI is InChI=1S/C17H30N4O2/c1-13-11-14(2)21(19-13)15(3)17(23)18-8-4-5-9-20-10-6-7-16(20)12-22/h11,15-16,22H,4-10,12H2,1-3H3,(H,18,23). The number of unbranched alkanes of at least 4 members (excludes halogenated alkanes) is 1. The zero-order valence-corrected chi connectivity index (χ0v) is 14.6. The number of aromatic nitrogens is 2. The highest BCUT2D eigenvalue weighted by molar-refractivity contribution is 5.79. The van der Waals surface area contributed by atoms with Gasteiger partial charge in [0.25, 0.3) is 0 Å². The van der Waals surface area contributed by atoms with E-state index < -0.39 is 0 Å². The Morgan fingerprint density at radius 2 is 2.26 bits per heavy atom. The Labute approximate surface area is 138 Å². The molecule has 0 saturated carbocycles. The molecule has 6 nitrogen and oxygen atoms in total. The molecule has 0 bridgehead atoms. The van der Waals surface area contributed by atoms with Crippen molar-refractivity contribution in [3.63, 3.8) is 0 Å². The van der Waals surface area contributed by atoms with E-state index in [1.54, 1.807) is 4.68 Å². The molecular formula is C17H30N4O2. The lowest BCUT2D eigenvalue weighted by molar-refractivity contribution is -0.124. The minimum Gasteiger partial charge on any atom is -0.395 e. The normalized spacial score (nSPS) is 19.9. The summed E-state index contributed by atoms with van der Waals surface area (Å²) in [4.78, 5) is 14.6. The molecule has 1 aromatic rings. The summed E-state index contributed by atoms with van der Waals surface area (Å²) in [7, 11) is 0. The summed E-state index contributed by atoms with van der Waals surface area (Å²) in [6.07, 6.45) is 4.30. The first-order valence-corrected chi connectivity index (χ1v) is 8.68. The number of amides is 1. The molecule has 2 rings (SSSR count). The third kappa shape index (κ3) is 4.78. The van der Waals surface area contributed by atoms with Crippen molar-refractivity contribution in [2.45, 2.75) is 58.5 Å². The van der Waals surface area contributed by atoms with Crippen LogP contribution in [0.15, 0.2) is 6.07 Å². The summed E-state index contributed by atoms with van der Waals surface area (Å²) >= 11 is 0. The largest absolute Gasteiger partial charge is 0.395 e. The molecule has 0 radical (unpaired) electrons. The quantitative estimate of drug-likeness (QED) is 0.710. The fraction of sp³-hybridized carbons (Fsp3) is 0.765. The van der Waals surface area contributed by atoms with Gasteiger partial charge in [0.05, 0.1) is 12.3 Å². The smallest absolute Gasteiger partial charge is 0.244 e. The van der Waals surface area contributed by atoms with Crippen molar-refractivity contribution < 1.29 is 9.90 Å². The topological polar surface area (TPSA) is 70.4 Å². The molecule has 0 spiro atoms. The van der Waals surface area contributed by atoms with Gasteiger partial charge >= 0.3 is 0 Å². The number of nitrogens with one attached hydrogen (secondary N) is 1. The molecule has 2 N–H and O–H groups in total. The third-order valence-electron chi connectivity index (χ3n) is 4.67. The summed E-state index contributed by atoms with van der Waals surface area (Å²) in [6, 6.07) is 2.05. The number of rotatable bonds is 8. The second-order valence-electron chi connectivity index (χ2n) is 6.56. The van der Waals surface area contributed by atoms with Crippen LogP contribution in [-0.4, -0.2) is 58.0 Å². The maximum absolute atomic E-state index is 12.2. The first-order valence-electron chi connectivity index (χ1n) is 8.68. The van der Waals surface area contributed by atoms with Gasteiger partial charge in [-0.05, 0) is 65.6 Å². The van der Waals surface area contributed by atoms with E-state index in [9.17, 15) is 9.90 Å². The Balaban J connectivity index is 1.66. The van der Waals surface area contributed by atoms with Crippen molar-refractivity contribution in [3.05, 3.63) is 17.5 Å². The van der Waals surface area contributed by atoms with E-state index in [0.29, 0.717) is 12.6 Å². The first kappa shape index (κ1) is 17.9. The lowest BCUT2D eigenvalue weighted by atomic mass is 10.2. The van der Waals surface area contributed by atoms with Crippen molar-refractivity contribution in [3.8, 4) is 0 Å².